The lowest BCUT2D eigenvalue weighted by atomic mass is 10.1. The maximum absolute atomic E-state index is 10.5. The summed E-state index contributed by atoms with van der Waals surface area (Å²) in [4.78, 5) is 6.65. The summed E-state index contributed by atoms with van der Waals surface area (Å²) in [6, 6.07) is 14.3. The van der Waals surface area contributed by atoms with Gasteiger partial charge in [0.05, 0.1) is 6.54 Å². The maximum atomic E-state index is 10.5. The fraction of sp³-hybridized carbons (Fsp3) is 0.444. The lowest BCUT2D eigenvalue weighted by Gasteiger charge is -2.18. The summed E-state index contributed by atoms with van der Waals surface area (Å²) in [5.74, 6) is 3.17. The summed E-state index contributed by atoms with van der Waals surface area (Å²) in [6.07, 6.45) is 3.14. The van der Waals surface area contributed by atoms with Gasteiger partial charge in [-0.25, -0.2) is 4.98 Å². The van der Waals surface area contributed by atoms with Crippen LogP contribution in [-0.4, -0.2) is 51.5 Å². The molecule has 0 unspecified atom stereocenters. The van der Waals surface area contributed by atoms with Crippen molar-refractivity contribution in [2.75, 3.05) is 19.7 Å². The number of aliphatic hydroxyl groups excluding tert-OH is 1. The van der Waals surface area contributed by atoms with E-state index in [2.05, 4.69) is 60.3 Å². The molecule has 0 saturated carbocycles. The second kappa shape index (κ2) is 10.4. The molecule has 2 heterocycles. The van der Waals surface area contributed by atoms with E-state index in [0.717, 1.165) is 30.4 Å². The van der Waals surface area contributed by atoms with Crippen molar-refractivity contribution in [2.45, 2.75) is 58.9 Å². The van der Waals surface area contributed by atoms with Crippen LogP contribution in [0.3, 0.4) is 0 Å². The minimum Gasteiger partial charge on any atom is -0.492 e. The van der Waals surface area contributed by atoms with E-state index >= 15 is 0 Å². The van der Waals surface area contributed by atoms with Crippen LogP contribution in [0.1, 0.15) is 42.3 Å². The van der Waals surface area contributed by atoms with Crippen molar-refractivity contribution >= 4 is 0 Å². The second-order valence-corrected chi connectivity index (χ2v) is 9.29. The largest absolute Gasteiger partial charge is 0.492 e. The molecule has 176 valence electrons. The third-order valence-corrected chi connectivity index (χ3v) is 6.27. The number of nitrogens with zero attached hydrogens (tertiary/aromatic N) is 3. The highest BCUT2D eigenvalue weighted by Crippen LogP contribution is 2.23. The van der Waals surface area contributed by atoms with E-state index in [1.165, 1.54) is 16.7 Å². The Bertz CT molecular complexity index is 1050. The number of rotatable bonds is 9. The van der Waals surface area contributed by atoms with Crippen molar-refractivity contribution in [2.24, 2.45) is 0 Å². The molecule has 33 heavy (non-hydrogen) atoms. The van der Waals surface area contributed by atoms with Crippen LogP contribution in [0.25, 0.3) is 0 Å². The Balaban J connectivity index is 1.25. The van der Waals surface area contributed by atoms with Gasteiger partial charge in [-0.05, 0) is 54.8 Å². The molecule has 6 heteroatoms. The molecule has 1 N–H and O–H groups in total. The molecular formula is C27H35N3O3. The van der Waals surface area contributed by atoms with Crippen LogP contribution >= 0.6 is 0 Å². The molecule has 4 rings (SSSR count). The van der Waals surface area contributed by atoms with E-state index in [1.807, 2.05) is 36.7 Å². The fourth-order valence-electron chi connectivity index (χ4n) is 4.26. The van der Waals surface area contributed by atoms with Crippen LogP contribution in [0.15, 0.2) is 54.9 Å². The Labute approximate surface area is 196 Å². The smallest absolute Gasteiger partial charge is 0.138 e. The van der Waals surface area contributed by atoms with E-state index in [0.29, 0.717) is 25.6 Å². The Morgan fingerprint density at radius 3 is 2.52 bits per heavy atom. The third kappa shape index (κ3) is 5.95. The minimum atomic E-state index is -0.492. The molecule has 6 nitrogen and oxygen atoms in total. The Hall–Kier alpha value is -2.83. The van der Waals surface area contributed by atoms with Gasteiger partial charge in [0, 0.05) is 37.9 Å². The van der Waals surface area contributed by atoms with Crippen molar-refractivity contribution in [1.82, 2.24) is 14.5 Å². The number of ether oxygens (including phenoxy) is 2. The first-order chi connectivity index (χ1) is 15.9. The summed E-state index contributed by atoms with van der Waals surface area (Å²) < 4.78 is 14.2. The zero-order valence-corrected chi connectivity index (χ0v) is 20.1. The number of hydrogen-bond donors (Lipinski definition) is 1. The van der Waals surface area contributed by atoms with Gasteiger partial charge in [0.15, 0.2) is 0 Å². The average Bonchev–Trinajstić information content (AvgIpc) is 3.39. The SMILES string of the molecule is Cc1ccc(O[C@H]2CN(Cc3ccc(OCCn4ccnc4C(C)C)cc3)C[C@@H]2O)cc1C. The first-order valence-corrected chi connectivity index (χ1v) is 11.8. The Morgan fingerprint density at radius 2 is 1.79 bits per heavy atom. The summed E-state index contributed by atoms with van der Waals surface area (Å²) in [7, 11) is 0. The van der Waals surface area contributed by atoms with Crippen LogP contribution in [0.4, 0.5) is 0 Å². The molecule has 2 atom stereocenters. The number of aliphatic hydroxyl groups is 1. The first-order valence-electron chi connectivity index (χ1n) is 11.8. The highest BCUT2D eigenvalue weighted by Gasteiger charge is 2.33. The zero-order valence-electron chi connectivity index (χ0n) is 20.1. The topological polar surface area (TPSA) is 59.8 Å². The lowest BCUT2D eigenvalue weighted by Crippen LogP contribution is -2.29. The molecule has 1 aliphatic rings. The van der Waals surface area contributed by atoms with Gasteiger partial charge >= 0.3 is 0 Å². The summed E-state index contributed by atoms with van der Waals surface area (Å²) >= 11 is 0. The quantitative estimate of drug-likeness (QED) is 0.527. The zero-order chi connectivity index (χ0) is 23.4. The van der Waals surface area contributed by atoms with Gasteiger partial charge < -0.3 is 19.1 Å². The number of benzene rings is 2. The van der Waals surface area contributed by atoms with Gasteiger partial charge in [-0.2, -0.15) is 0 Å². The summed E-state index contributed by atoms with van der Waals surface area (Å²) in [6.45, 7) is 11.9. The highest BCUT2D eigenvalue weighted by atomic mass is 16.5. The monoisotopic (exact) mass is 449 g/mol. The Kier molecular flexibility index (Phi) is 7.36. The van der Waals surface area contributed by atoms with Crippen molar-refractivity contribution in [3.63, 3.8) is 0 Å². The molecule has 0 radical (unpaired) electrons. The number of likely N-dealkylation sites (tertiary alicyclic amines) is 1. The van der Waals surface area contributed by atoms with E-state index in [4.69, 9.17) is 9.47 Å². The summed E-state index contributed by atoms with van der Waals surface area (Å²) in [5, 5.41) is 10.5. The number of hydrogen-bond acceptors (Lipinski definition) is 5. The van der Waals surface area contributed by atoms with Crippen LogP contribution in [0, 0.1) is 13.8 Å². The first kappa shape index (κ1) is 23.3. The van der Waals surface area contributed by atoms with Gasteiger partial charge in [0.1, 0.15) is 36.1 Å². The lowest BCUT2D eigenvalue weighted by molar-refractivity contribution is 0.0736. The van der Waals surface area contributed by atoms with Crippen LogP contribution in [0.2, 0.25) is 0 Å². The number of aromatic nitrogens is 2. The molecule has 0 bridgehead atoms. The standard InChI is InChI=1S/C27H35N3O3/c1-19(2)27-28-11-12-30(27)13-14-32-23-9-6-22(7-10-23)16-29-17-25(31)26(18-29)33-24-8-5-20(3)21(4)15-24/h5-12,15,19,25-26,31H,13-14,16-18H2,1-4H3/t25-,26-/m0/s1. The second-order valence-electron chi connectivity index (χ2n) is 9.29. The normalized spacial score (nSPS) is 18.7. The van der Waals surface area contributed by atoms with Crippen LogP contribution in [0.5, 0.6) is 11.5 Å². The van der Waals surface area contributed by atoms with Gasteiger partial charge in [-0.3, -0.25) is 4.90 Å². The molecule has 3 aromatic rings. The molecule has 1 fully saturated rings. The van der Waals surface area contributed by atoms with Crippen molar-refractivity contribution in [3.05, 3.63) is 77.4 Å². The average molecular weight is 450 g/mol. The molecular weight excluding hydrogens is 414 g/mol. The predicted molar refractivity (Wildman–Crippen MR) is 130 cm³/mol. The van der Waals surface area contributed by atoms with Gasteiger partial charge in [-0.1, -0.05) is 32.0 Å². The van der Waals surface area contributed by atoms with E-state index in [-0.39, 0.29) is 6.10 Å². The van der Waals surface area contributed by atoms with Crippen molar-refractivity contribution in [3.8, 4) is 11.5 Å². The fourth-order valence-corrected chi connectivity index (χ4v) is 4.26. The molecule has 1 aliphatic heterocycles. The molecule has 0 amide bonds. The molecule has 1 saturated heterocycles. The van der Waals surface area contributed by atoms with Crippen LogP contribution in [-0.2, 0) is 13.1 Å². The minimum absolute atomic E-state index is 0.214. The number of imidazole rings is 1. The van der Waals surface area contributed by atoms with Gasteiger partial charge in [0.25, 0.3) is 0 Å². The van der Waals surface area contributed by atoms with E-state index < -0.39 is 6.10 Å². The Morgan fingerprint density at radius 1 is 1.03 bits per heavy atom. The summed E-state index contributed by atoms with van der Waals surface area (Å²) in [5.41, 5.74) is 3.63. The third-order valence-electron chi connectivity index (χ3n) is 6.27. The molecule has 2 aromatic carbocycles. The molecule has 0 aliphatic carbocycles. The van der Waals surface area contributed by atoms with Gasteiger partial charge in [-0.15, -0.1) is 0 Å². The van der Waals surface area contributed by atoms with E-state index in [1.54, 1.807) is 0 Å². The van der Waals surface area contributed by atoms with Crippen molar-refractivity contribution < 1.29 is 14.6 Å². The predicted octanol–water partition coefficient (Wildman–Crippen LogP) is 4.33. The highest BCUT2D eigenvalue weighted by molar-refractivity contribution is 5.34. The number of aryl methyl sites for hydroxylation is 2. The van der Waals surface area contributed by atoms with Gasteiger partial charge in [0.2, 0.25) is 0 Å². The maximum Gasteiger partial charge on any atom is 0.138 e. The number of β-amino-alcohol motifs (C(OH)–C–C–N with tert-alkyl or cyclic N) is 1. The van der Waals surface area contributed by atoms with Crippen molar-refractivity contribution in [1.29, 1.82) is 0 Å². The van der Waals surface area contributed by atoms with Crippen LogP contribution < -0.4 is 9.47 Å². The molecule has 0 spiro atoms. The molecule has 1 aromatic heterocycles. The van der Waals surface area contributed by atoms with E-state index in [9.17, 15) is 5.11 Å².